The van der Waals surface area contributed by atoms with Crippen LogP contribution in [0.3, 0.4) is 0 Å². The van der Waals surface area contributed by atoms with Crippen LogP contribution in [0.5, 0.6) is 0 Å². The average molecular weight is 278 g/mol. The minimum Gasteiger partial charge on any atom is -0.367 e. The highest BCUT2D eigenvalue weighted by Crippen LogP contribution is 2.25. The van der Waals surface area contributed by atoms with Crippen LogP contribution < -0.4 is 4.90 Å². The Bertz CT molecular complexity index is 600. The van der Waals surface area contributed by atoms with Gasteiger partial charge in [0.15, 0.2) is 6.29 Å². The van der Waals surface area contributed by atoms with E-state index in [1.807, 2.05) is 18.2 Å². The van der Waals surface area contributed by atoms with Gasteiger partial charge in [0.25, 0.3) is 0 Å². The summed E-state index contributed by atoms with van der Waals surface area (Å²) in [7, 11) is 1.73. The van der Waals surface area contributed by atoms with E-state index < -0.39 is 5.82 Å². The number of nitrogens with zero attached hydrogens (tertiary/aromatic N) is 1. The summed E-state index contributed by atoms with van der Waals surface area (Å²) in [6.07, 6.45) is 0.654. The van der Waals surface area contributed by atoms with Gasteiger partial charge in [-0.3, -0.25) is 4.79 Å². The molecule has 2 aromatic rings. The van der Waals surface area contributed by atoms with Crippen LogP contribution in [0.25, 0.3) is 0 Å². The van der Waals surface area contributed by atoms with Crippen molar-refractivity contribution in [2.24, 2.45) is 0 Å². The van der Waals surface area contributed by atoms with E-state index in [1.54, 1.807) is 24.1 Å². The Kier molecular flexibility index (Phi) is 4.17. The van der Waals surface area contributed by atoms with Gasteiger partial charge in [-0.05, 0) is 23.8 Å². The number of rotatable bonds is 4. The van der Waals surface area contributed by atoms with E-state index in [2.05, 4.69) is 0 Å². The Labute approximate surface area is 116 Å². The zero-order chi connectivity index (χ0) is 13.8. The van der Waals surface area contributed by atoms with Crippen molar-refractivity contribution in [2.45, 2.75) is 6.54 Å². The highest BCUT2D eigenvalue weighted by Gasteiger charge is 2.13. The Morgan fingerprint density at radius 1 is 1.21 bits per heavy atom. The van der Waals surface area contributed by atoms with Gasteiger partial charge in [0, 0.05) is 24.2 Å². The highest BCUT2D eigenvalue weighted by molar-refractivity contribution is 6.31. The Morgan fingerprint density at radius 2 is 1.95 bits per heavy atom. The zero-order valence-electron chi connectivity index (χ0n) is 10.4. The molecule has 0 radical (unpaired) electrons. The molecule has 0 heterocycles. The molecule has 2 rings (SSSR count). The molecule has 0 saturated carbocycles. The average Bonchev–Trinajstić information content (AvgIpc) is 2.40. The molecule has 0 unspecified atom stereocenters. The lowest BCUT2D eigenvalue weighted by Gasteiger charge is -2.22. The molecule has 2 aromatic carbocycles. The summed E-state index contributed by atoms with van der Waals surface area (Å²) in [5, 5.41) is 0.623. The molecule has 19 heavy (non-hydrogen) atoms. The standard InChI is InChI=1S/C15H13ClFNO/c1-18(9-11-5-2-3-7-13(11)16)15-12(10-19)6-4-8-14(15)17/h2-8,10H,9H2,1H3. The predicted molar refractivity (Wildman–Crippen MR) is 75.3 cm³/mol. The SMILES string of the molecule is CN(Cc1ccccc1Cl)c1c(F)cccc1C=O. The van der Waals surface area contributed by atoms with Crippen LogP contribution in [0.15, 0.2) is 42.5 Å². The molecule has 0 saturated heterocycles. The van der Waals surface area contributed by atoms with Crippen molar-refractivity contribution in [2.75, 3.05) is 11.9 Å². The first-order chi connectivity index (χ1) is 9.13. The number of carbonyl (C=O) groups excluding carboxylic acids is 1. The predicted octanol–water partition coefficient (Wildman–Crippen LogP) is 3.93. The molecule has 0 aliphatic rings. The van der Waals surface area contributed by atoms with E-state index >= 15 is 0 Å². The third-order valence-corrected chi connectivity index (χ3v) is 3.26. The molecule has 98 valence electrons. The first-order valence-electron chi connectivity index (χ1n) is 5.81. The smallest absolute Gasteiger partial charge is 0.152 e. The van der Waals surface area contributed by atoms with Crippen LogP contribution in [-0.4, -0.2) is 13.3 Å². The van der Waals surface area contributed by atoms with E-state index in [-0.39, 0.29) is 5.69 Å². The number of halogens is 2. The Balaban J connectivity index is 2.33. The van der Waals surface area contributed by atoms with E-state index in [4.69, 9.17) is 11.6 Å². The van der Waals surface area contributed by atoms with E-state index in [9.17, 15) is 9.18 Å². The number of aldehydes is 1. The third-order valence-electron chi connectivity index (χ3n) is 2.89. The molecule has 2 nitrogen and oxygen atoms in total. The van der Waals surface area contributed by atoms with Crippen molar-refractivity contribution >= 4 is 23.6 Å². The molecule has 0 aromatic heterocycles. The van der Waals surface area contributed by atoms with Gasteiger partial charge in [-0.2, -0.15) is 0 Å². The van der Waals surface area contributed by atoms with Crippen LogP contribution in [0, 0.1) is 5.82 Å². The molecule has 4 heteroatoms. The Hall–Kier alpha value is -1.87. The molecule has 0 aliphatic carbocycles. The van der Waals surface area contributed by atoms with Crippen LogP contribution in [0.2, 0.25) is 5.02 Å². The van der Waals surface area contributed by atoms with Gasteiger partial charge >= 0.3 is 0 Å². The lowest BCUT2D eigenvalue weighted by molar-refractivity contribution is 0.112. The second-order valence-electron chi connectivity index (χ2n) is 4.24. The van der Waals surface area contributed by atoms with Gasteiger partial charge < -0.3 is 4.90 Å². The minimum absolute atomic E-state index is 0.289. The molecule has 0 aliphatic heterocycles. The van der Waals surface area contributed by atoms with Crippen molar-refractivity contribution < 1.29 is 9.18 Å². The second-order valence-corrected chi connectivity index (χ2v) is 4.65. The summed E-state index contributed by atoms with van der Waals surface area (Å²) >= 11 is 6.08. The molecule has 0 fully saturated rings. The van der Waals surface area contributed by atoms with E-state index in [0.29, 0.717) is 23.4 Å². The summed E-state index contributed by atoms with van der Waals surface area (Å²) in [6.45, 7) is 0.432. The maximum absolute atomic E-state index is 13.9. The highest BCUT2D eigenvalue weighted by atomic mass is 35.5. The van der Waals surface area contributed by atoms with E-state index in [0.717, 1.165) is 5.56 Å². The number of hydrogen-bond donors (Lipinski definition) is 0. The summed E-state index contributed by atoms with van der Waals surface area (Å²) in [6, 6.07) is 11.8. The quantitative estimate of drug-likeness (QED) is 0.789. The van der Waals surface area contributed by atoms with Gasteiger partial charge in [0.1, 0.15) is 5.82 Å². The van der Waals surface area contributed by atoms with Crippen LogP contribution in [0.1, 0.15) is 15.9 Å². The fraction of sp³-hybridized carbons (Fsp3) is 0.133. The van der Waals surface area contributed by atoms with Gasteiger partial charge in [0.2, 0.25) is 0 Å². The van der Waals surface area contributed by atoms with Crippen molar-refractivity contribution in [1.29, 1.82) is 0 Å². The maximum atomic E-state index is 13.9. The van der Waals surface area contributed by atoms with Crippen LogP contribution >= 0.6 is 11.6 Å². The number of carbonyl (C=O) groups is 1. The zero-order valence-corrected chi connectivity index (χ0v) is 11.2. The van der Waals surface area contributed by atoms with Crippen molar-refractivity contribution in [3.63, 3.8) is 0 Å². The summed E-state index contributed by atoms with van der Waals surface area (Å²) in [4.78, 5) is 12.7. The maximum Gasteiger partial charge on any atom is 0.152 e. The number of para-hydroxylation sites is 1. The monoisotopic (exact) mass is 277 g/mol. The van der Waals surface area contributed by atoms with Gasteiger partial charge in [-0.1, -0.05) is 35.9 Å². The van der Waals surface area contributed by atoms with Crippen molar-refractivity contribution in [3.8, 4) is 0 Å². The lowest BCUT2D eigenvalue weighted by Crippen LogP contribution is -2.19. The molecule has 0 amide bonds. The van der Waals surface area contributed by atoms with Gasteiger partial charge in [-0.15, -0.1) is 0 Å². The van der Waals surface area contributed by atoms with Gasteiger partial charge in [0.05, 0.1) is 5.69 Å². The first kappa shape index (κ1) is 13.6. The molecular weight excluding hydrogens is 265 g/mol. The number of benzene rings is 2. The third kappa shape index (κ3) is 2.93. The normalized spacial score (nSPS) is 10.3. The van der Waals surface area contributed by atoms with Crippen molar-refractivity contribution in [3.05, 3.63) is 64.4 Å². The molecule has 0 bridgehead atoms. The second kappa shape index (κ2) is 5.85. The number of hydrogen-bond acceptors (Lipinski definition) is 2. The number of anilines is 1. The fourth-order valence-electron chi connectivity index (χ4n) is 1.99. The molecular formula is C15H13ClFNO. The van der Waals surface area contributed by atoms with E-state index in [1.165, 1.54) is 12.1 Å². The molecule has 0 atom stereocenters. The van der Waals surface area contributed by atoms with Crippen LogP contribution in [0.4, 0.5) is 10.1 Å². The first-order valence-corrected chi connectivity index (χ1v) is 6.19. The van der Waals surface area contributed by atoms with Gasteiger partial charge in [-0.25, -0.2) is 4.39 Å². The van der Waals surface area contributed by atoms with Crippen LogP contribution in [-0.2, 0) is 6.54 Å². The largest absolute Gasteiger partial charge is 0.367 e. The summed E-state index contributed by atoms with van der Waals surface area (Å²) < 4.78 is 13.9. The topological polar surface area (TPSA) is 20.3 Å². The fourth-order valence-corrected chi connectivity index (χ4v) is 2.19. The van der Waals surface area contributed by atoms with Crippen molar-refractivity contribution in [1.82, 2.24) is 0 Å². The lowest BCUT2D eigenvalue weighted by atomic mass is 10.1. The molecule has 0 N–H and O–H groups in total. The Morgan fingerprint density at radius 3 is 2.63 bits per heavy atom. The summed E-state index contributed by atoms with van der Waals surface area (Å²) in [5.41, 5.74) is 1.50. The molecule has 0 spiro atoms. The minimum atomic E-state index is -0.417. The summed E-state index contributed by atoms with van der Waals surface area (Å²) in [5.74, 6) is -0.417.